The number of aromatic amines is 1. The molecule has 2 aromatic heterocycles. The summed E-state index contributed by atoms with van der Waals surface area (Å²) in [6.45, 7) is 2.69. The number of ketones is 1. The van der Waals surface area contributed by atoms with Crippen LogP contribution in [0.4, 0.5) is 13.2 Å². The lowest BCUT2D eigenvalue weighted by Gasteiger charge is -2.25. The normalized spacial score (nSPS) is 17.6. The van der Waals surface area contributed by atoms with Gasteiger partial charge in [0.05, 0.1) is 17.1 Å². The van der Waals surface area contributed by atoms with Crippen molar-refractivity contribution in [2.75, 3.05) is 13.2 Å². The molecule has 0 saturated carbocycles. The van der Waals surface area contributed by atoms with Crippen molar-refractivity contribution in [1.82, 2.24) is 25.9 Å². The highest BCUT2D eigenvalue weighted by molar-refractivity contribution is 6.00. The fourth-order valence-electron chi connectivity index (χ4n) is 3.97. The van der Waals surface area contributed by atoms with Gasteiger partial charge in [-0.25, -0.2) is 0 Å². The van der Waals surface area contributed by atoms with E-state index in [0.29, 0.717) is 24.0 Å². The Morgan fingerprint density at radius 3 is 2.58 bits per heavy atom. The number of hydrogen-bond acceptors (Lipinski definition) is 6. The van der Waals surface area contributed by atoms with Crippen LogP contribution in [0.2, 0.25) is 0 Å². The van der Waals surface area contributed by atoms with Gasteiger partial charge in [-0.3, -0.25) is 28.9 Å². The molecule has 2 aromatic rings. The predicted octanol–water partition coefficient (Wildman–Crippen LogP) is 1.82. The van der Waals surface area contributed by atoms with Crippen LogP contribution < -0.4 is 16.0 Å². The maximum Gasteiger partial charge on any atom is 0.522 e. The number of amides is 3. The molecule has 1 saturated heterocycles. The summed E-state index contributed by atoms with van der Waals surface area (Å²) < 4.78 is 41.1. The van der Waals surface area contributed by atoms with E-state index in [0.717, 1.165) is 0 Å². The lowest BCUT2D eigenvalue weighted by molar-refractivity contribution is -0.321. The van der Waals surface area contributed by atoms with Gasteiger partial charge in [-0.1, -0.05) is 13.8 Å². The van der Waals surface area contributed by atoms with Gasteiger partial charge in [0.1, 0.15) is 18.3 Å². The molecule has 0 radical (unpaired) electrons. The number of halogens is 3. The minimum atomic E-state index is -5.03. The third-order valence-electron chi connectivity index (χ3n) is 5.73. The van der Waals surface area contributed by atoms with Gasteiger partial charge >= 0.3 is 6.36 Å². The van der Waals surface area contributed by atoms with E-state index in [1.54, 1.807) is 18.3 Å². The summed E-state index contributed by atoms with van der Waals surface area (Å²) in [5, 5.41) is 7.64. The zero-order valence-electron chi connectivity index (χ0n) is 19.8. The average Bonchev–Trinajstić information content (AvgIpc) is 3.41. The van der Waals surface area contributed by atoms with E-state index in [-0.39, 0.29) is 30.4 Å². The van der Waals surface area contributed by atoms with E-state index >= 15 is 0 Å². The van der Waals surface area contributed by atoms with Gasteiger partial charge in [0.2, 0.25) is 11.8 Å². The van der Waals surface area contributed by atoms with Crippen LogP contribution in [0.5, 0.6) is 0 Å². The van der Waals surface area contributed by atoms with Gasteiger partial charge in [-0.05, 0) is 43.4 Å². The van der Waals surface area contributed by atoms with E-state index in [1.807, 2.05) is 13.8 Å². The average molecular weight is 512 g/mol. The van der Waals surface area contributed by atoms with Crippen molar-refractivity contribution in [3.05, 3.63) is 30.1 Å². The lowest BCUT2D eigenvalue weighted by atomic mass is 9.95. The van der Waals surface area contributed by atoms with Gasteiger partial charge in [0, 0.05) is 18.7 Å². The van der Waals surface area contributed by atoms with Crippen molar-refractivity contribution >= 4 is 34.5 Å². The first-order valence-corrected chi connectivity index (χ1v) is 11.5. The molecule has 0 unspecified atom stereocenters. The molecule has 0 aromatic carbocycles. The van der Waals surface area contributed by atoms with Gasteiger partial charge in [0.15, 0.2) is 5.78 Å². The number of carbonyl (C=O) groups is 4. The summed E-state index contributed by atoms with van der Waals surface area (Å²) in [5.41, 5.74) is 1.34. The third-order valence-corrected chi connectivity index (χ3v) is 5.73. The molecular weight excluding hydrogens is 483 g/mol. The maximum absolute atomic E-state index is 13.1. The molecule has 0 aliphatic carbocycles. The predicted molar refractivity (Wildman–Crippen MR) is 121 cm³/mol. The Morgan fingerprint density at radius 1 is 1.22 bits per heavy atom. The first kappa shape index (κ1) is 27.1. The largest absolute Gasteiger partial charge is 0.522 e. The lowest BCUT2D eigenvalue weighted by Crippen LogP contribution is -2.53. The number of nitrogens with one attached hydrogen (secondary N) is 4. The van der Waals surface area contributed by atoms with Crippen molar-refractivity contribution in [3.63, 3.8) is 0 Å². The Morgan fingerprint density at radius 2 is 1.97 bits per heavy atom. The molecule has 1 aliphatic heterocycles. The van der Waals surface area contributed by atoms with Crippen LogP contribution in [0.1, 0.15) is 43.6 Å². The minimum Gasteiger partial charge on any atom is -0.356 e. The highest BCUT2D eigenvalue weighted by atomic mass is 19.4. The Balaban J connectivity index is 1.74. The van der Waals surface area contributed by atoms with Gasteiger partial charge in [-0.2, -0.15) is 0 Å². The number of aromatic nitrogens is 2. The summed E-state index contributed by atoms with van der Waals surface area (Å²) in [5.74, 6) is -3.42. The molecule has 0 spiro atoms. The number of hydrogen-bond donors (Lipinski definition) is 4. The molecule has 10 nitrogen and oxygen atoms in total. The summed E-state index contributed by atoms with van der Waals surface area (Å²) in [6, 6.07) is 2.45. The van der Waals surface area contributed by atoms with Crippen molar-refractivity contribution in [2.45, 2.75) is 51.6 Å². The van der Waals surface area contributed by atoms with Crippen LogP contribution in [-0.4, -0.2) is 65.1 Å². The van der Waals surface area contributed by atoms with Crippen molar-refractivity contribution in [3.8, 4) is 0 Å². The Kier molecular flexibility index (Phi) is 8.66. The first-order valence-electron chi connectivity index (χ1n) is 11.5. The molecule has 3 amide bonds. The smallest absolute Gasteiger partial charge is 0.356 e. The van der Waals surface area contributed by atoms with Gasteiger partial charge in [-0.15, -0.1) is 13.2 Å². The first-order chi connectivity index (χ1) is 16.9. The minimum absolute atomic E-state index is 0.0474. The molecule has 4 N–H and O–H groups in total. The molecule has 1 aliphatic rings. The Bertz CT molecular complexity index is 1080. The highest BCUT2D eigenvalue weighted by Gasteiger charge is 2.36. The van der Waals surface area contributed by atoms with Crippen LogP contribution in [-0.2, 0) is 19.1 Å². The van der Waals surface area contributed by atoms with Crippen LogP contribution >= 0.6 is 0 Å². The molecule has 13 heteroatoms. The topological polar surface area (TPSA) is 142 Å². The van der Waals surface area contributed by atoms with E-state index in [1.165, 1.54) is 6.07 Å². The van der Waals surface area contributed by atoms with Crippen molar-refractivity contribution < 1.29 is 37.1 Å². The number of ether oxygens (including phenoxy) is 1. The molecule has 0 bridgehead atoms. The van der Waals surface area contributed by atoms with Crippen LogP contribution in [0, 0.1) is 11.8 Å². The number of nitrogens with zero attached hydrogens (tertiary/aromatic N) is 1. The number of alkyl halides is 3. The van der Waals surface area contributed by atoms with E-state index in [2.05, 4.69) is 30.7 Å². The quantitative estimate of drug-likeness (QED) is 0.363. The summed E-state index contributed by atoms with van der Waals surface area (Å²) in [6.07, 6.45) is -3.08. The zero-order valence-corrected chi connectivity index (χ0v) is 19.8. The molecular formula is C23H28F3N5O5. The summed E-state index contributed by atoms with van der Waals surface area (Å²) in [4.78, 5) is 57.5. The maximum atomic E-state index is 13.1. The van der Waals surface area contributed by atoms with Crippen LogP contribution in [0.3, 0.4) is 0 Å². The second kappa shape index (κ2) is 11.5. The Hall–Kier alpha value is -3.48. The standard InChI is InChI=1S/C23H28F3N5O5/c1-12(2)8-17(31-22(35)18-10-15-14(29-18)4-3-6-27-15)21(34)30-16(9-13-5-7-28-20(13)33)19(32)11-36-23(24,25)26/h3-4,6,10,12-13,16-17,29H,5,7-9,11H2,1-2H3,(H,28,33)(H,30,34)(H,31,35)/t13-,16-,17-/m0/s1. The monoisotopic (exact) mass is 511 g/mol. The number of pyridine rings is 1. The number of H-pyrrole nitrogens is 1. The number of fused-ring (bicyclic) bond motifs is 1. The van der Waals surface area contributed by atoms with Gasteiger partial charge in [0.25, 0.3) is 5.91 Å². The summed E-state index contributed by atoms with van der Waals surface area (Å²) >= 11 is 0. The zero-order chi connectivity index (χ0) is 26.5. The number of rotatable bonds is 11. The van der Waals surface area contributed by atoms with E-state index < -0.39 is 48.6 Å². The molecule has 196 valence electrons. The van der Waals surface area contributed by atoms with E-state index in [9.17, 15) is 32.3 Å². The second-order valence-electron chi connectivity index (χ2n) is 9.05. The number of Topliss-reactive ketones (excluding diaryl/α,β-unsaturated/α-hetero) is 1. The Labute approximate surface area is 204 Å². The molecule has 3 heterocycles. The number of carbonyl (C=O) groups excluding carboxylic acids is 4. The van der Waals surface area contributed by atoms with Crippen LogP contribution in [0.25, 0.3) is 11.0 Å². The summed E-state index contributed by atoms with van der Waals surface area (Å²) in [7, 11) is 0. The van der Waals surface area contributed by atoms with Crippen molar-refractivity contribution in [2.24, 2.45) is 11.8 Å². The van der Waals surface area contributed by atoms with Gasteiger partial charge < -0.3 is 20.9 Å². The van der Waals surface area contributed by atoms with E-state index in [4.69, 9.17) is 0 Å². The SMILES string of the molecule is CC(C)C[C@H](NC(=O)c1cc2ncccc2[nH]1)C(=O)N[C@@H](C[C@@H]1CCNC1=O)C(=O)COC(F)(F)F. The highest BCUT2D eigenvalue weighted by Crippen LogP contribution is 2.20. The molecule has 1 fully saturated rings. The third kappa shape index (κ3) is 7.51. The molecule has 3 rings (SSSR count). The molecule has 3 atom stereocenters. The fourth-order valence-corrected chi connectivity index (χ4v) is 3.97. The van der Waals surface area contributed by atoms with Crippen molar-refractivity contribution in [1.29, 1.82) is 0 Å². The fraction of sp³-hybridized carbons (Fsp3) is 0.522. The molecule has 36 heavy (non-hydrogen) atoms. The van der Waals surface area contributed by atoms with Crippen LogP contribution in [0.15, 0.2) is 24.4 Å². The second-order valence-corrected chi connectivity index (χ2v) is 9.05.